The molecule has 0 bridgehead atoms. The van der Waals surface area contributed by atoms with Crippen LogP contribution in [0.5, 0.6) is 5.75 Å². The largest absolute Gasteiger partial charge is 0.508 e. The van der Waals surface area contributed by atoms with Crippen molar-refractivity contribution in [2.24, 2.45) is 5.73 Å². The van der Waals surface area contributed by atoms with Crippen LogP contribution in [0.3, 0.4) is 0 Å². The molecule has 1 saturated heterocycles. The van der Waals surface area contributed by atoms with Crippen LogP contribution >= 0.6 is 0 Å². The van der Waals surface area contributed by atoms with Gasteiger partial charge in [-0.25, -0.2) is 4.98 Å². The molecule has 0 radical (unpaired) electrons. The number of rotatable bonds is 4. The second kappa shape index (κ2) is 8.46. The lowest BCUT2D eigenvalue weighted by molar-refractivity contribution is -0.134. The summed E-state index contributed by atoms with van der Waals surface area (Å²) in [6.45, 7) is 1.66. The molecule has 12 heteroatoms. The molecule has 0 unspecified atom stereocenters. The first-order chi connectivity index (χ1) is 15.5. The molecule has 9 N–H and O–H groups in total. The van der Waals surface area contributed by atoms with Gasteiger partial charge in [0, 0.05) is 19.5 Å². The molecule has 3 aromatic rings. The Morgan fingerprint density at radius 1 is 1.24 bits per heavy atom. The Hall–Kier alpha value is -3.48. The van der Waals surface area contributed by atoms with Crippen LogP contribution in [0.25, 0.3) is 11.2 Å². The van der Waals surface area contributed by atoms with Crippen molar-refractivity contribution in [3.63, 3.8) is 0 Å². The molecule has 4 atom stereocenters. The molecule has 33 heavy (non-hydrogen) atoms. The number of β-amino-alcohol motifs (C(OH)–C–C–N with tert-alkyl or cyclic N) is 1. The summed E-state index contributed by atoms with van der Waals surface area (Å²) in [7, 11) is 0. The van der Waals surface area contributed by atoms with E-state index in [2.05, 4.69) is 15.0 Å². The van der Waals surface area contributed by atoms with E-state index in [4.69, 9.17) is 17.2 Å². The smallest absolute Gasteiger partial charge is 0.239 e. The topological polar surface area (TPSA) is 203 Å². The van der Waals surface area contributed by atoms with Crippen LogP contribution in [0.1, 0.15) is 24.9 Å². The summed E-state index contributed by atoms with van der Waals surface area (Å²) in [5.41, 5.74) is 17.9. The Labute approximate surface area is 189 Å². The number of carbonyl (C=O) groups excluding carboxylic acids is 1. The minimum Gasteiger partial charge on any atom is -0.508 e. The predicted molar refractivity (Wildman–Crippen MR) is 121 cm³/mol. The SMILES string of the molecule is C[C@]1(O)C[C@@H](O)CN(C(=O)[C@@H](N)Cc2ccc(O)cc2)C[C@@H]1n1cnc2c(N)nc(N)nc21. The first-order valence-electron chi connectivity index (χ1n) is 10.5. The second-order valence-corrected chi connectivity index (χ2v) is 8.74. The molecule has 2 aromatic heterocycles. The standard InChI is InChI=1S/C21H28N8O4/c1-21(33)7-13(31)8-28(19(32)14(22)6-11-2-4-12(30)5-3-11)9-15(21)29-10-25-16-17(23)26-20(24)27-18(16)29/h2-5,10,13-15,30-31,33H,6-9,22H2,1H3,(H4,23,24,26,27)/t13-,14+,15+,21+/m1/s1. The van der Waals surface area contributed by atoms with Crippen molar-refractivity contribution in [2.75, 3.05) is 24.6 Å². The van der Waals surface area contributed by atoms with E-state index >= 15 is 0 Å². The third-order valence-electron chi connectivity index (χ3n) is 6.01. The van der Waals surface area contributed by atoms with Crippen LogP contribution in [0, 0.1) is 0 Å². The summed E-state index contributed by atoms with van der Waals surface area (Å²) in [5, 5.41) is 31.2. The molecule has 0 saturated carbocycles. The molecular formula is C21H28N8O4. The first kappa shape index (κ1) is 22.7. The van der Waals surface area contributed by atoms with Crippen LogP contribution in [0.4, 0.5) is 11.8 Å². The molecular weight excluding hydrogens is 428 g/mol. The Kier molecular flexibility index (Phi) is 5.82. The van der Waals surface area contributed by atoms with Crippen molar-refractivity contribution in [2.45, 2.75) is 43.6 Å². The Balaban J connectivity index is 1.64. The van der Waals surface area contributed by atoms with Crippen LogP contribution < -0.4 is 17.2 Å². The van der Waals surface area contributed by atoms with Crippen LogP contribution in [0.2, 0.25) is 0 Å². The predicted octanol–water partition coefficient (Wildman–Crippen LogP) is -0.848. The molecule has 0 aliphatic carbocycles. The Morgan fingerprint density at radius 2 is 1.94 bits per heavy atom. The number of aliphatic hydroxyl groups excluding tert-OH is 1. The zero-order valence-electron chi connectivity index (χ0n) is 18.2. The van der Waals surface area contributed by atoms with E-state index in [1.165, 1.54) is 23.4 Å². The number of imidazole rings is 1. The number of aromatic hydroxyl groups is 1. The zero-order valence-corrected chi connectivity index (χ0v) is 18.2. The number of anilines is 2. The quantitative estimate of drug-likeness (QED) is 0.287. The maximum Gasteiger partial charge on any atom is 0.239 e. The van der Waals surface area contributed by atoms with E-state index in [9.17, 15) is 20.1 Å². The number of amides is 1. The summed E-state index contributed by atoms with van der Waals surface area (Å²) >= 11 is 0. The van der Waals surface area contributed by atoms with Gasteiger partial charge in [0.2, 0.25) is 11.9 Å². The van der Waals surface area contributed by atoms with Crippen LogP contribution in [0.15, 0.2) is 30.6 Å². The van der Waals surface area contributed by atoms with Crippen molar-refractivity contribution in [1.29, 1.82) is 0 Å². The molecule has 0 spiro atoms. The van der Waals surface area contributed by atoms with E-state index in [1.807, 2.05) is 0 Å². The Morgan fingerprint density at radius 3 is 2.64 bits per heavy atom. The zero-order chi connectivity index (χ0) is 23.9. The molecule has 176 valence electrons. The normalized spacial score (nSPS) is 24.5. The average molecular weight is 457 g/mol. The van der Waals surface area contributed by atoms with E-state index in [0.717, 1.165) is 5.56 Å². The van der Waals surface area contributed by atoms with Crippen molar-refractivity contribution < 1.29 is 20.1 Å². The van der Waals surface area contributed by atoms with Gasteiger partial charge in [-0.2, -0.15) is 9.97 Å². The number of hydrogen-bond donors (Lipinski definition) is 6. The minimum atomic E-state index is -1.41. The van der Waals surface area contributed by atoms with Gasteiger partial charge in [-0.15, -0.1) is 0 Å². The summed E-state index contributed by atoms with van der Waals surface area (Å²) < 4.78 is 1.60. The van der Waals surface area contributed by atoms with Gasteiger partial charge in [-0.3, -0.25) is 4.79 Å². The number of carbonyl (C=O) groups is 1. The molecule has 4 rings (SSSR count). The number of hydrogen-bond acceptors (Lipinski definition) is 10. The van der Waals surface area contributed by atoms with E-state index in [-0.39, 0.29) is 49.4 Å². The summed E-state index contributed by atoms with van der Waals surface area (Å²) in [4.78, 5) is 27.1. The molecule has 1 aliphatic heterocycles. The Bertz CT molecular complexity index is 1160. The van der Waals surface area contributed by atoms with Crippen molar-refractivity contribution >= 4 is 28.8 Å². The fourth-order valence-electron chi connectivity index (χ4n) is 4.37. The van der Waals surface area contributed by atoms with Gasteiger partial charge >= 0.3 is 0 Å². The van der Waals surface area contributed by atoms with Crippen molar-refractivity contribution in [1.82, 2.24) is 24.4 Å². The maximum atomic E-state index is 13.2. The monoisotopic (exact) mass is 456 g/mol. The van der Waals surface area contributed by atoms with Gasteiger partial charge < -0.3 is 42.0 Å². The molecule has 1 fully saturated rings. The lowest BCUT2D eigenvalue weighted by atomic mass is 9.91. The summed E-state index contributed by atoms with van der Waals surface area (Å²) in [6.07, 6.45) is 0.769. The van der Waals surface area contributed by atoms with Crippen molar-refractivity contribution in [3.05, 3.63) is 36.2 Å². The number of phenols is 1. The highest BCUT2D eigenvalue weighted by atomic mass is 16.3. The summed E-state index contributed by atoms with van der Waals surface area (Å²) in [5.74, 6) is -0.188. The van der Waals surface area contributed by atoms with Crippen LogP contribution in [-0.4, -0.2) is 76.5 Å². The lowest BCUT2D eigenvalue weighted by Gasteiger charge is -2.34. The van der Waals surface area contributed by atoms with Gasteiger partial charge in [0.05, 0.1) is 30.1 Å². The lowest BCUT2D eigenvalue weighted by Crippen LogP contribution is -2.49. The summed E-state index contributed by atoms with van der Waals surface area (Å²) in [6, 6.07) is 4.85. The van der Waals surface area contributed by atoms with Gasteiger partial charge in [-0.1, -0.05) is 12.1 Å². The van der Waals surface area contributed by atoms with Gasteiger partial charge in [0.1, 0.15) is 11.3 Å². The highest BCUT2D eigenvalue weighted by Gasteiger charge is 2.42. The van der Waals surface area contributed by atoms with E-state index < -0.39 is 23.8 Å². The highest BCUT2D eigenvalue weighted by Crippen LogP contribution is 2.34. The fraction of sp³-hybridized carbons (Fsp3) is 0.429. The third-order valence-corrected chi connectivity index (χ3v) is 6.01. The van der Waals surface area contributed by atoms with E-state index in [1.54, 1.807) is 23.6 Å². The number of benzene rings is 1. The molecule has 1 amide bonds. The van der Waals surface area contributed by atoms with Gasteiger partial charge in [-0.05, 0) is 31.0 Å². The number of nitrogens with zero attached hydrogens (tertiary/aromatic N) is 5. The first-order valence-corrected chi connectivity index (χ1v) is 10.5. The number of nitrogen functional groups attached to an aromatic ring is 2. The fourth-order valence-corrected chi connectivity index (χ4v) is 4.37. The maximum absolute atomic E-state index is 13.2. The number of fused-ring (bicyclic) bond motifs is 1. The van der Waals surface area contributed by atoms with Crippen molar-refractivity contribution in [3.8, 4) is 5.75 Å². The number of phenolic OH excluding ortho intramolecular Hbond substituents is 1. The average Bonchev–Trinajstić information content (AvgIpc) is 3.10. The number of nitrogens with two attached hydrogens (primary N) is 3. The number of aromatic nitrogens is 4. The molecule has 12 nitrogen and oxygen atoms in total. The molecule has 1 aliphatic rings. The second-order valence-electron chi connectivity index (χ2n) is 8.74. The van der Waals surface area contributed by atoms with Crippen LogP contribution in [-0.2, 0) is 11.2 Å². The number of aliphatic hydroxyl groups is 2. The number of likely N-dealkylation sites (tertiary alicyclic amines) is 1. The molecule has 3 heterocycles. The minimum absolute atomic E-state index is 0.0145. The molecule has 1 aromatic carbocycles. The highest BCUT2D eigenvalue weighted by molar-refractivity contribution is 5.83. The third kappa shape index (κ3) is 4.53. The van der Waals surface area contributed by atoms with Gasteiger partial charge in [0.15, 0.2) is 11.5 Å². The van der Waals surface area contributed by atoms with Gasteiger partial charge in [0.25, 0.3) is 0 Å². The van der Waals surface area contributed by atoms with E-state index in [0.29, 0.717) is 11.2 Å².